The summed E-state index contributed by atoms with van der Waals surface area (Å²) in [5.41, 5.74) is 0.748. The van der Waals surface area contributed by atoms with E-state index in [2.05, 4.69) is 5.32 Å². The molecule has 0 aliphatic heterocycles. The maximum atomic E-state index is 13.6. The van der Waals surface area contributed by atoms with E-state index in [0.717, 1.165) is 12.1 Å². The first-order chi connectivity index (χ1) is 7.81. The number of halogens is 1. The summed E-state index contributed by atoms with van der Waals surface area (Å²) < 4.78 is 18.8. The van der Waals surface area contributed by atoms with E-state index < -0.39 is 0 Å². The predicted molar refractivity (Wildman–Crippen MR) is 62.0 cm³/mol. The van der Waals surface area contributed by atoms with E-state index in [-0.39, 0.29) is 11.7 Å². The van der Waals surface area contributed by atoms with E-state index in [1.807, 2.05) is 12.1 Å². The first-order valence-corrected chi connectivity index (χ1v) is 5.78. The van der Waals surface area contributed by atoms with Gasteiger partial charge in [0.15, 0.2) is 0 Å². The Labute approximate surface area is 95.8 Å². The minimum absolute atomic E-state index is 0.104. The quantitative estimate of drug-likeness (QED) is 0.799. The molecule has 2 nitrogen and oxygen atoms in total. The zero-order valence-corrected chi connectivity index (χ0v) is 9.58. The van der Waals surface area contributed by atoms with Gasteiger partial charge in [0.25, 0.3) is 0 Å². The van der Waals surface area contributed by atoms with Gasteiger partial charge < -0.3 is 10.1 Å². The highest BCUT2D eigenvalue weighted by atomic mass is 19.1. The molecule has 1 N–H and O–H groups in total. The van der Waals surface area contributed by atoms with Gasteiger partial charge in [-0.15, -0.1) is 0 Å². The van der Waals surface area contributed by atoms with Gasteiger partial charge in [0.05, 0.1) is 6.61 Å². The zero-order valence-electron chi connectivity index (χ0n) is 9.58. The number of rotatable bonds is 6. The molecule has 1 aliphatic carbocycles. The molecule has 0 aromatic heterocycles. The molecule has 0 heterocycles. The smallest absolute Gasteiger partial charge is 0.126 e. The van der Waals surface area contributed by atoms with Crippen molar-refractivity contribution in [1.82, 2.24) is 5.32 Å². The lowest BCUT2D eigenvalue weighted by molar-refractivity contribution is 0.176. The highest BCUT2D eigenvalue weighted by Crippen LogP contribution is 2.23. The zero-order chi connectivity index (χ0) is 11.4. The summed E-state index contributed by atoms with van der Waals surface area (Å²) in [5.74, 6) is -0.0334. The third-order valence-corrected chi connectivity index (χ3v) is 2.94. The molecule has 2 rings (SSSR count). The van der Waals surface area contributed by atoms with Crippen molar-refractivity contribution in [3.05, 3.63) is 35.6 Å². The van der Waals surface area contributed by atoms with E-state index in [0.29, 0.717) is 12.6 Å². The molecule has 1 aliphatic rings. The minimum Gasteiger partial charge on any atom is -0.384 e. The summed E-state index contributed by atoms with van der Waals surface area (Å²) in [7, 11) is 1.66. The Kier molecular flexibility index (Phi) is 3.91. The van der Waals surface area contributed by atoms with Gasteiger partial charge >= 0.3 is 0 Å². The summed E-state index contributed by atoms with van der Waals surface area (Å²) in [4.78, 5) is 0. The fourth-order valence-electron chi connectivity index (χ4n) is 1.86. The summed E-state index contributed by atoms with van der Waals surface area (Å²) in [6.07, 6.45) is 2.49. The second kappa shape index (κ2) is 5.41. The molecule has 0 amide bonds. The van der Waals surface area contributed by atoms with Gasteiger partial charge in [-0.05, 0) is 24.5 Å². The molecule has 1 saturated carbocycles. The Morgan fingerprint density at radius 1 is 1.44 bits per heavy atom. The fraction of sp³-hybridized carbons (Fsp3) is 0.538. The lowest BCUT2D eigenvalue weighted by Gasteiger charge is -2.17. The van der Waals surface area contributed by atoms with Crippen molar-refractivity contribution < 1.29 is 9.13 Å². The molecule has 3 heteroatoms. The van der Waals surface area contributed by atoms with Gasteiger partial charge in [0.2, 0.25) is 0 Å². The molecule has 1 unspecified atom stereocenters. The van der Waals surface area contributed by atoms with Crippen molar-refractivity contribution in [3.63, 3.8) is 0 Å². The van der Waals surface area contributed by atoms with Crippen LogP contribution in [0.15, 0.2) is 24.3 Å². The summed E-state index contributed by atoms with van der Waals surface area (Å²) in [5, 5.41) is 3.42. The highest BCUT2D eigenvalue weighted by molar-refractivity contribution is 5.22. The average Bonchev–Trinajstić information content (AvgIpc) is 3.09. The van der Waals surface area contributed by atoms with Crippen LogP contribution < -0.4 is 5.32 Å². The molecule has 88 valence electrons. The molecular weight excluding hydrogens is 205 g/mol. The molecular formula is C13H18FNO. The summed E-state index contributed by atoms with van der Waals surface area (Å²) in [6, 6.07) is 7.59. The molecule has 0 bridgehead atoms. The van der Waals surface area contributed by atoms with E-state index in [9.17, 15) is 4.39 Å². The SMILES string of the molecule is COCC(CNC1CC1)c1ccccc1F. The lowest BCUT2D eigenvalue weighted by Crippen LogP contribution is -2.26. The number of ether oxygens (including phenoxy) is 1. The lowest BCUT2D eigenvalue weighted by atomic mass is 9.99. The Hall–Kier alpha value is -0.930. The first kappa shape index (κ1) is 11.6. The van der Waals surface area contributed by atoms with E-state index in [1.165, 1.54) is 18.9 Å². The second-order valence-electron chi connectivity index (χ2n) is 4.36. The molecule has 16 heavy (non-hydrogen) atoms. The second-order valence-corrected chi connectivity index (χ2v) is 4.36. The Bertz CT molecular complexity index is 338. The first-order valence-electron chi connectivity index (χ1n) is 5.78. The largest absolute Gasteiger partial charge is 0.384 e. The van der Waals surface area contributed by atoms with Crippen LogP contribution in [0.4, 0.5) is 4.39 Å². The number of benzene rings is 1. The third-order valence-electron chi connectivity index (χ3n) is 2.94. The van der Waals surface area contributed by atoms with Crippen molar-refractivity contribution in [3.8, 4) is 0 Å². The fourth-order valence-corrected chi connectivity index (χ4v) is 1.86. The normalized spacial score (nSPS) is 17.4. The predicted octanol–water partition coefficient (Wildman–Crippen LogP) is 2.31. The van der Waals surface area contributed by atoms with Crippen LogP contribution in [0.3, 0.4) is 0 Å². The maximum absolute atomic E-state index is 13.6. The number of hydrogen-bond donors (Lipinski definition) is 1. The van der Waals surface area contributed by atoms with Crippen LogP contribution in [0.25, 0.3) is 0 Å². The van der Waals surface area contributed by atoms with Crippen LogP contribution in [-0.4, -0.2) is 26.3 Å². The van der Waals surface area contributed by atoms with Gasteiger partial charge in [-0.3, -0.25) is 0 Å². The summed E-state index contributed by atoms with van der Waals surface area (Å²) >= 11 is 0. The third kappa shape index (κ3) is 3.03. The average molecular weight is 223 g/mol. The van der Waals surface area contributed by atoms with Crippen molar-refractivity contribution in [2.45, 2.75) is 24.8 Å². The molecule has 1 aromatic carbocycles. The molecule has 1 atom stereocenters. The van der Waals surface area contributed by atoms with Crippen LogP contribution in [-0.2, 0) is 4.74 Å². The van der Waals surface area contributed by atoms with Crippen LogP contribution in [0.5, 0.6) is 0 Å². The van der Waals surface area contributed by atoms with Gasteiger partial charge in [0.1, 0.15) is 5.82 Å². The Morgan fingerprint density at radius 2 is 2.19 bits per heavy atom. The van der Waals surface area contributed by atoms with Gasteiger partial charge in [-0.2, -0.15) is 0 Å². The summed E-state index contributed by atoms with van der Waals surface area (Å²) in [6.45, 7) is 1.35. The van der Waals surface area contributed by atoms with Crippen LogP contribution in [0.2, 0.25) is 0 Å². The van der Waals surface area contributed by atoms with Crippen LogP contribution in [0.1, 0.15) is 24.3 Å². The van der Waals surface area contributed by atoms with Crippen molar-refractivity contribution in [2.75, 3.05) is 20.3 Å². The van der Waals surface area contributed by atoms with Crippen LogP contribution in [0, 0.1) is 5.82 Å². The van der Waals surface area contributed by atoms with Gasteiger partial charge in [0, 0.05) is 25.6 Å². The Balaban J connectivity index is 2.01. The standard InChI is InChI=1S/C13H18FNO/c1-16-9-10(8-15-11-6-7-11)12-4-2-3-5-13(12)14/h2-5,10-11,15H,6-9H2,1H3. The maximum Gasteiger partial charge on any atom is 0.126 e. The van der Waals surface area contributed by atoms with E-state index in [4.69, 9.17) is 4.74 Å². The highest BCUT2D eigenvalue weighted by Gasteiger charge is 2.23. The molecule has 1 fully saturated rings. The molecule has 0 spiro atoms. The van der Waals surface area contributed by atoms with Crippen molar-refractivity contribution in [1.29, 1.82) is 0 Å². The molecule has 1 aromatic rings. The monoisotopic (exact) mass is 223 g/mol. The van der Waals surface area contributed by atoms with Crippen molar-refractivity contribution >= 4 is 0 Å². The number of hydrogen-bond acceptors (Lipinski definition) is 2. The molecule has 0 saturated heterocycles. The minimum atomic E-state index is -0.137. The van der Waals surface area contributed by atoms with E-state index in [1.54, 1.807) is 13.2 Å². The topological polar surface area (TPSA) is 21.3 Å². The van der Waals surface area contributed by atoms with Crippen LogP contribution >= 0.6 is 0 Å². The van der Waals surface area contributed by atoms with Gasteiger partial charge in [-0.1, -0.05) is 18.2 Å². The van der Waals surface area contributed by atoms with E-state index >= 15 is 0 Å². The number of nitrogens with one attached hydrogen (secondary N) is 1. The van der Waals surface area contributed by atoms with Gasteiger partial charge in [-0.25, -0.2) is 4.39 Å². The van der Waals surface area contributed by atoms with Crippen molar-refractivity contribution in [2.24, 2.45) is 0 Å². The molecule has 0 radical (unpaired) electrons. The Morgan fingerprint density at radius 3 is 2.81 bits per heavy atom. The number of methoxy groups -OCH3 is 1.